The lowest BCUT2D eigenvalue weighted by atomic mass is 9.98. The van der Waals surface area contributed by atoms with Crippen LogP contribution in [0.15, 0.2) is 6.33 Å². The molecule has 1 N–H and O–H groups in total. The second kappa shape index (κ2) is 4.40. The van der Waals surface area contributed by atoms with Crippen molar-refractivity contribution in [2.45, 2.75) is 20.8 Å². The molecule has 0 aliphatic carbocycles. The molecule has 0 aliphatic heterocycles. The van der Waals surface area contributed by atoms with E-state index in [2.05, 4.69) is 35.4 Å². The van der Waals surface area contributed by atoms with E-state index in [-0.39, 0.29) is 0 Å². The summed E-state index contributed by atoms with van der Waals surface area (Å²) >= 11 is 1.40. The molecule has 0 amide bonds. The number of nitrogens with one attached hydrogen (secondary N) is 1. The van der Waals surface area contributed by atoms with Crippen LogP contribution in [0.3, 0.4) is 0 Å². The van der Waals surface area contributed by atoms with Gasteiger partial charge in [-0.05, 0) is 11.8 Å². The molecular formula is C8H15N3S. The van der Waals surface area contributed by atoms with Crippen molar-refractivity contribution in [3.8, 4) is 0 Å². The van der Waals surface area contributed by atoms with Gasteiger partial charge >= 0.3 is 0 Å². The molecule has 68 valence electrons. The Morgan fingerprint density at radius 1 is 1.50 bits per heavy atom. The molecule has 0 fully saturated rings. The molecule has 1 heterocycles. The summed E-state index contributed by atoms with van der Waals surface area (Å²) in [6.45, 7) is 7.67. The molecule has 1 unspecified atom stereocenters. The highest BCUT2D eigenvalue weighted by Crippen LogP contribution is 2.12. The van der Waals surface area contributed by atoms with Gasteiger partial charge in [-0.2, -0.15) is 4.37 Å². The lowest BCUT2D eigenvalue weighted by Crippen LogP contribution is -2.15. The van der Waals surface area contributed by atoms with Crippen molar-refractivity contribution in [3.05, 3.63) is 6.33 Å². The lowest BCUT2D eigenvalue weighted by molar-refractivity contribution is 0.439. The van der Waals surface area contributed by atoms with Crippen molar-refractivity contribution < 1.29 is 0 Å². The van der Waals surface area contributed by atoms with Crippen molar-refractivity contribution in [1.82, 2.24) is 9.36 Å². The van der Waals surface area contributed by atoms with Gasteiger partial charge in [0, 0.05) is 18.1 Å². The Morgan fingerprint density at radius 2 is 2.25 bits per heavy atom. The molecular weight excluding hydrogens is 170 g/mol. The summed E-state index contributed by atoms with van der Waals surface area (Å²) in [4.78, 5) is 4.04. The molecule has 12 heavy (non-hydrogen) atoms. The van der Waals surface area contributed by atoms with E-state index in [1.807, 2.05) is 0 Å². The second-order valence-corrected chi connectivity index (χ2v) is 4.13. The Kier molecular flexibility index (Phi) is 3.47. The van der Waals surface area contributed by atoms with Gasteiger partial charge in [-0.3, -0.25) is 0 Å². The minimum atomic E-state index is 0.675. The first-order valence-electron chi connectivity index (χ1n) is 4.20. The van der Waals surface area contributed by atoms with Crippen LogP contribution >= 0.6 is 11.5 Å². The highest BCUT2D eigenvalue weighted by molar-refractivity contribution is 7.09. The van der Waals surface area contributed by atoms with Crippen molar-refractivity contribution in [1.29, 1.82) is 0 Å². The first-order valence-corrected chi connectivity index (χ1v) is 4.98. The molecule has 0 aliphatic rings. The van der Waals surface area contributed by atoms with Crippen molar-refractivity contribution in [3.63, 3.8) is 0 Å². The van der Waals surface area contributed by atoms with Crippen LogP contribution in [-0.2, 0) is 0 Å². The van der Waals surface area contributed by atoms with Crippen molar-refractivity contribution in [2.75, 3.05) is 11.9 Å². The number of aromatic nitrogens is 2. The van der Waals surface area contributed by atoms with Gasteiger partial charge in [0.05, 0.1) is 0 Å². The summed E-state index contributed by atoms with van der Waals surface area (Å²) in [7, 11) is 0. The Balaban J connectivity index is 2.27. The fraction of sp³-hybridized carbons (Fsp3) is 0.750. The molecule has 0 aromatic carbocycles. The SMILES string of the molecule is CC(C)C(C)CNc1ncns1. The topological polar surface area (TPSA) is 37.8 Å². The summed E-state index contributed by atoms with van der Waals surface area (Å²) in [5.74, 6) is 1.39. The summed E-state index contributed by atoms with van der Waals surface area (Å²) in [5, 5.41) is 4.17. The monoisotopic (exact) mass is 185 g/mol. The molecule has 3 nitrogen and oxygen atoms in total. The van der Waals surface area contributed by atoms with Gasteiger partial charge in [-0.25, -0.2) is 4.98 Å². The minimum absolute atomic E-state index is 0.675. The molecule has 1 aromatic rings. The minimum Gasteiger partial charge on any atom is -0.360 e. The predicted molar refractivity (Wildman–Crippen MR) is 52.4 cm³/mol. The molecule has 1 rings (SSSR count). The van der Waals surface area contributed by atoms with E-state index in [0.29, 0.717) is 11.8 Å². The lowest BCUT2D eigenvalue weighted by Gasteiger charge is -2.14. The van der Waals surface area contributed by atoms with Gasteiger partial charge in [0.2, 0.25) is 5.13 Å². The third-order valence-corrected chi connectivity index (χ3v) is 2.70. The average Bonchev–Trinajstić information content (AvgIpc) is 2.51. The van der Waals surface area contributed by atoms with Gasteiger partial charge in [0.1, 0.15) is 6.33 Å². The largest absolute Gasteiger partial charge is 0.360 e. The first-order chi connectivity index (χ1) is 5.70. The van der Waals surface area contributed by atoms with Crippen LogP contribution in [-0.4, -0.2) is 15.9 Å². The van der Waals surface area contributed by atoms with Gasteiger partial charge in [-0.1, -0.05) is 20.8 Å². The van der Waals surface area contributed by atoms with Crippen molar-refractivity contribution in [2.24, 2.45) is 11.8 Å². The van der Waals surface area contributed by atoms with Crippen LogP contribution in [0.4, 0.5) is 5.13 Å². The number of rotatable bonds is 4. The zero-order valence-electron chi connectivity index (χ0n) is 7.74. The van der Waals surface area contributed by atoms with Crippen LogP contribution in [0.1, 0.15) is 20.8 Å². The van der Waals surface area contributed by atoms with Gasteiger partial charge in [0.15, 0.2) is 0 Å². The number of hydrogen-bond acceptors (Lipinski definition) is 4. The fourth-order valence-electron chi connectivity index (χ4n) is 0.735. The highest BCUT2D eigenvalue weighted by Gasteiger charge is 2.06. The maximum atomic E-state index is 4.04. The van der Waals surface area contributed by atoms with E-state index >= 15 is 0 Å². The van der Waals surface area contributed by atoms with Crippen LogP contribution in [0.2, 0.25) is 0 Å². The van der Waals surface area contributed by atoms with Gasteiger partial charge < -0.3 is 5.32 Å². The van der Waals surface area contributed by atoms with Gasteiger partial charge in [0.25, 0.3) is 0 Å². The number of anilines is 1. The normalized spacial score (nSPS) is 13.3. The Hall–Kier alpha value is -0.640. The maximum absolute atomic E-state index is 4.04. The van der Waals surface area contributed by atoms with E-state index in [0.717, 1.165) is 11.7 Å². The highest BCUT2D eigenvalue weighted by atomic mass is 32.1. The molecule has 0 spiro atoms. The van der Waals surface area contributed by atoms with Crippen LogP contribution in [0.5, 0.6) is 0 Å². The summed E-state index contributed by atoms with van der Waals surface area (Å²) < 4.78 is 3.91. The predicted octanol–water partition coefficient (Wildman–Crippen LogP) is 2.24. The smallest absolute Gasteiger partial charge is 0.202 e. The van der Waals surface area contributed by atoms with Crippen LogP contribution in [0, 0.1) is 11.8 Å². The van der Waals surface area contributed by atoms with Crippen molar-refractivity contribution >= 4 is 16.7 Å². The van der Waals surface area contributed by atoms with E-state index in [1.54, 1.807) is 6.33 Å². The standard InChI is InChI=1S/C8H15N3S/c1-6(2)7(3)4-9-8-10-5-11-12-8/h5-7H,4H2,1-3H3,(H,9,10,11). The van der Waals surface area contributed by atoms with Gasteiger partial charge in [-0.15, -0.1) is 0 Å². The van der Waals surface area contributed by atoms with Crippen LogP contribution < -0.4 is 5.32 Å². The Labute approximate surface area is 77.4 Å². The van der Waals surface area contributed by atoms with E-state index in [9.17, 15) is 0 Å². The summed E-state index contributed by atoms with van der Waals surface area (Å²) in [6, 6.07) is 0. The summed E-state index contributed by atoms with van der Waals surface area (Å²) in [5.41, 5.74) is 0. The second-order valence-electron chi connectivity index (χ2n) is 3.35. The van der Waals surface area contributed by atoms with E-state index in [4.69, 9.17) is 0 Å². The third-order valence-electron chi connectivity index (χ3n) is 2.07. The molecule has 1 atom stereocenters. The van der Waals surface area contributed by atoms with E-state index < -0.39 is 0 Å². The molecule has 0 saturated carbocycles. The molecule has 1 aromatic heterocycles. The summed E-state index contributed by atoms with van der Waals surface area (Å²) in [6.07, 6.45) is 1.58. The number of hydrogen-bond donors (Lipinski definition) is 1. The maximum Gasteiger partial charge on any atom is 0.202 e. The zero-order valence-corrected chi connectivity index (χ0v) is 8.56. The Bertz CT molecular complexity index is 208. The third kappa shape index (κ3) is 2.77. The zero-order chi connectivity index (χ0) is 8.97. The number of nitrogens with zero attached hydrogens (tertiary/aromatic N) is 2. The fourth-order valence-corrected chi connectivity index (χ4v) is 1.17. The van der Waals surface area contributed by atoms with E-state index in [1.165, 1.54) is 11.5 Å². The first kappa shape index (κ1) is 9.45. The quantitative estimate of drug-likeness (QED) is 0.781. The molecule has 0 saturated heterocycles. The average molecular weight is 185 g/mol. The molecule has 0 bridgehead atoms. The Morgan fingerprint density at radius 3 is 2.75 bits per heavy atom. The van der Waals surface area contributed by atoms with Crippen LogP contribution in [0.25, 0.3) is 0 Å². The molecule has 0 radical (unpaired) electrons. The molecule has 4 heteroatoms.